The fraction of sp³-hybridized carbons (Fsp3) is 0.435. The smallest absolute Gasteiger partial charge is 0.333 e. The van der Waals surface area contributed by atoms with Gasteiger partial charge in [-0.25, -0.2) is 4.79 Å². The number of aromatic hydroxyl groups is 2. The Hall–Kier alpha value is -5.22. The second kappa shape index (κ2) is 23.6. The number of allylic oxidation sites excluding steroid dienone is 8. The van der Waals surface area contributed by atoms with Gasteiger partial charge in [0.2, 0.25) is 17.4 Å². The number of unbranched alkanes of at least 4 members (excludes halogenated alkanes) is 2. The summed E-state index contributed by atoms with van der Waals surface area (Å²) in [7, 11) is -16.5. The molecular formula is C46H60N3O18S4+. The Balaban J connectivity index is 1.47. The van der Waals surface area contributed by atoms with Crippen molar-refractivity contribution >= 4 is 63.5 Å². The monoisotopic (exact) mass is 1070 g/mol. The molecule has 25 heteroatoms. The molecule has 2 aromatic carbocycles. The zero-order valence-electron chi connectivity index (χ0n) is 39.3. The quantitative estimate of drug-likeness (QED) is 0.0244. The fourth-order valence-corrected chi connectivity index (χ4v) is 10.9. The van der Waals surface area contributed by atoms with Crippen LogP contribution < -0.4 is 9.74 Å². The van der Waals surface area contributed by atoms with Crippen molar-refractivity contribution in [2.75, 3.05) is 56.4 Å². The van der Waals surface area contributed by atoms with Gasteiger partial charge in [-0.15, -0.1) is 4.73 Å². The van der Waals surface area contributed by atoms with Gasteiger partial charge >= 0.3 is 5.97 Å². The van der Waals surface area contributed by atoms with E-state index in [2.05, 4.69) is 0 Å². The Kier molecular flexibility index (Phi) is 18.8. The maximum atomic E-state index is 12.5. The molecular weight excluding hydrogens is 1010 g/mol. The second-order valence-electron chi connectivity index (χ2n) is 17.3. The summed E-state index contributed by atoms with van der Waals surface area (Å²) in [6.07, 6.45) is 13.6. The Bertz CT molecular complexity index is 3030. The topological polar surface area (TPSA) is 314 Å². The fourth-order valence-electron chi connectivity index (χ4n) is 8.85. The van der Waals surface area contributed by atoms with Crippen LogP contribution in [0, 0.1) is 0 Å². The molecule has 0 aliphatic carbocycles. The molecule has 2 atom stereocenters. The molecule has 0 fully saturated rings. The van der Waals surface area contributed by atoms with Crippen LogP contribution in [-0.2, 0) is 65.6 Å². The molecule has 0 saturated heterocycles. The molecule has 3 aromatic rings. The molecule has 390 valence electrons. The number of hydrogen-bond acceptors (Lipinski definition) is 15. The van der Waals surface area contributed by atoms with Crippen LogP contribution in [0.2, 0.25) is 0 Å². The Morgan fingerprint density at radius 2 is 1.25 bits per heavy atom. The van der Waals surface area contributed by atoms with E-state index in [0.29, 0.717) is 77.7 Å². The standard InChI is InChI=1S/C46H59N3O18S4/c1-45(23-12-30-68(53,54)55)36-32-34(70(59,60)61)17-19-38(36)47(25-11-7-10-16-44(52)67-49-42(50)21-22-43(49)51)40(45)14-8-5-4-6-9-15-41-46(2,24-13-31-69(56,57)58)37-33-35(71(62,63)64)18-20-39(37)48(41)26-27-66-29-28-65-3/h4-6,8-9,14-15,17-22,32-33H,7,10-13,16,23-31H2,1-3H3,(H5-,50,51,53,54,55,56,57,58,59,60,61,62,63,64)/p+1. The van der Waals surface area contributed by atoms with Crippen molar-refractivity contribution < 1.29 is 85.8 Å². The first-order valence-corrected chi connectivity index (χ1v) is 28.5. The molecule has 6 N–H and O–H groups in total. The van der Waals surface area contributed by atoms with Gasteiger partial charge in [-0.05, 0) is 94.3 Å². The number of benzene rings is 2. The summed E-state index contributed by atoms with van der Waals surface area (Å²) >= 11 is 0. The molecule has 5 rings (SSSR count). The number of carbonyl (C=O) groups excluding carboxylic acids is 1. The van der Waals surface area contributed by atoms with Crippen molar-refractivity contribution in [1.29, 1.82) is 0 Å². The second-order valence-corrected chi connectivity index (χ2v) is 23.3. The zero-order chi connectivity index (χ0) is 52.4. The van der Waals surface area contributed by atoms with Crippen molar-refractivity contribution in [3.63, 3.8) is 0 Å². The minimum atomic E-state index is -4.66. The van der Waals surface area contributed by atoms with Crippen molar-refractivity contribution in [1.82, 2.24) is 4.73 Å². The lowest BCUT2D eigenvalue weighted by Crippen LogP contribution is -2.32. The van der Waals surface area contributed by atoms with Crippen molar-refractivity contribution in [2.45, 2.75) is 85.8 Å². The molecule has 0 bridgehead atoms. The summed E-state index contributed by atoms with van der Waals surface area (Å²) in [5.74, 6) is -2.76. The van der Waals surface area contributed by atoms with E-state index >= 15 is 0 Å². The highest BCUT2D eigenvalue weighted by Crippen LogP contribution is 2.51. The van der Waals surface area contributed by atoms with E-state index in [1.54, 1.807) is 62.4 Å². The minimum absolute atomic E-state index is 0.00211. The van der Waals surface area contributed by atoms with Gasteiger partial charge < -0.3 is 29.4 Å². The number of carbonyl (C=O) groups is 1. The minimum Gasteiger partial charge on any atom is -0.492 e. The number of hydrogen-bond donors (Lipinski definition) is 6. The number of rotatable bonds is 27. The normalized spacial score (nSPS) is 19.3. The van der Waals surface area contributed by atoms with E-state index < -0.39 is 80.5 Å². The molecule has 0 spiro atoms. The van der Waals surface area contributed by atoms with Crippen molar-refractivity contribution in [2.24, 2.45) is 0 Å². The summed E-state index contributed by atoms with van der Waals surface area (Å²) in [5, 5.41) is 19.6. The van der Waals surface area contributed by atoms with Gasteiger partial charge in [0.15, 0.2) is 5.71 Å². The Labute approximate surface area is 414 Å². The maximum Gasteiger partial charge on any atom is 0.333 e. The number of fused-ring (bicyclic) bond motifs is 2. The summed E-state index contributed by atoms with van der Waals surface area (Å²) in [6.45, 7) is 5.09. The van der Waals surface area contributed by atoms with Gasteiger partial charge in [0.25, 0.3) is 40.5 Å². The molecule has 71 heavy (non-hydrogen) atoms. The van der Waals surface area contributed by atoms with Gasteiger partial charge in [0, 0.05) is 73.1 Å². The zero-order valence-corrected chi connectivity index (χ0v) is 42.6. The number of ether oxygens (including phenoxy) is 2. The molecule has 0 saturated carbocycles. The van der Waals surface area contributed by atoms with Crippen LogP contribution in [0.3, 0.4) is 0 Å². The summed E-state index contributed by atoms with van der Waals surface area (Å²) in [6, 6.07) is 10.6. The first kappa shape index (κ1) is 56.7. The predicted octanol–water partition coefficient (Wildman–Crippen LogP) is 5.29. The van der Waals surface area contributed by atoms with E-state index in [1.165, 1.54) is 37.4 Å². The van der Waals surface area contributed by atoms with Crippen molar-refractivity contribution in [3.05, 3.63) is 108 Å². The number of anilines is 1. The van der Waals surface area contributed by atoms with Crippen LogP contribution in [0.25, 0.3) is 0 Å². The average Bonchev–Trinajstić information content (AvgIpc) is 3.80. The third-order valence-corrected chi connectivity index (χ3v) is 15.6. The molecule has 2 aliphatic rings. The third kappa shape index (κ3) is 14.9. The highest BCUT2D eigenvalue weighted by atomic mass is 32.2. The third-order valence-electron chi connectivity index (χ3n) is 12.3. The lowest BCUT2D eigenvalue weighted by molar-refractivity contribution is -0.438. The molecule has 21 nitrogen and oxygen atoms in total. The van der Waals surface area contributed by atoms with Crippen LogP contribution in [0.4, 0.5) is 11.4 Å². The average molecular weight is 1070 g/mol. The van der Waals surface area contributed by atoms with E-state index in [1.807, 2.05) is 9.48 Å². The highest BCUT2D eigenvalue weighted by Gasteiger charge is 2.48. The van der Waals surface area contributed by atoms with E-state index in [0.717, 1.165) is 12.1 Å². The van der Waals surface area contributed by atoms with E-state index in [-0.39, 0.29) is 55.0 Å². The van der Waals surface area contributed by atoms with E-state index in [4.69, 9.17) is 14.3 Å². The van der Waals surface area contributed by atoms with Crippen LogP contribution >= 0.6 is 0 Å². The first-order chi connectivity index (χ1) is 33.2. The van der Waals surface area contributed by atoms with Gasteiger partial charge in [-0.2, -0.15) is 38.2 Å². The molecule has 0 radical (unpaired) electrons. The molecule has 2 aliphatic heterocycles. The van der Waals surface area contributed by atoms with Gasteiger partial charge in [0.05, 0.1) is 46.5 Å². The van der Waals surface area contributed by atoms with Crippen molar-refractivity contribution in [3.8, 4) is 11.8 Å². The number of nitrogens with zero attached hydrogens (tertiary/aromatic N) is 3. The SMILES string of the molecule is COCCOCCN1C(=CC=CC=CC=CC2=[N+](CCCCCC(=O)On3c(O)ccc3O)c3ccc(S(=O)(=O)O)cc3C2(C)CCCS(=O)(=O)O)C(C)(CCCS(=O)(=O)O)c2cc(S(=O)(=O)O)ccc21. The summed E-state index contributed by atoms with van der Waals surface area (Å²) in [4.78, 5) is 18.7. The Morgan fingerprint density at radius 1 is 0.676 bits per heavy atom. The molecule has 0 amide bonds. The first-order valence-electron chi connectivity index (χ1n) is 22.4. The Morgan fingerprint density at radius 3 is 1.86 bits per heavy atom. The summed E-state index contributed by atoms with van der Waals surface area (Å²) < 4.78 is 149. The summed E-state index contributed by atoms with van der Waals surface area (Å²) in [5.41, 5.74) is 1.34. The lowest BCUT2D eigenvalue weighted by atomic mass is 9.76. The van der Waals surface area contributed by atoms with Gasteiger partial charge in [-0.3, -0.25) is 18.2 Å². The largest absolute Gasteiger partial charge is 0.492 e. The molecule has 3 heterocycles. The molecule has 2 unspecified atom stereocenters. The number of methoxy groups -OCH3 is 1. The number of aromatic nitrogens is 1. The molecule has 1 aromatic heterocycles. The maximum absolute atomic E-state index is 12.5. The van der Waals surface area contributed by atoms with Crippen LogP contribution in [0.5, 0.6) is 11.8 Å². The van der Waals surface area contributed by atoms with Gasteiger partial charge in [0.1, 0.15) is 6.54 Å². The van der Waals surface area contributed by atoms with Gasteiger partial charge in [-0.1, -0.05) is 30.4 Å². The van der Waals surface area contributed by atoms with Crippen LogP contribution in [0.15, 0.2) is 107 Å². The van der Waals surface area contributed by atoms with Crippen LogP contribution in [0.1, 0.15) is 76.3 Å². The lowest BCUT2D eigenvalue weighted by Gasteiger charge is -2.30. The predicted molar refractivity (Wildman–Crippen MR) is 262 cm³/mol. The van der Waals surface area contributed by atoms with Crippen LogP contribution in [-0.4, -0.2) is 135 Å². The van der Waals surface area contributed by atoms with E-state index in [9.17, 15) is 66.9 Å². The highest BCUT2D eigenvalue weighted by molar-refractivity contribution is 7.86.